The molecule has 5 heteroatoms. The molecule has 2 rings (SSSR count). The zero-order chi connectivity index (χ0) is 23.7. The molecule has 1 unspecified atom stereocenters. The number of likely N-dealkylation sites (N-methyl/N-ethyl adjacent to an activating group) is 2. The number of rotatable bonds is 12. The van der Waals surface area contributed by atoms with Gasteiger partial charge in [0.25, 0.3) is 0 Å². The molecule has 0 bridgehead atoms. The molecule has 0 aliphatic rings. The van der Waals surface area contributed by atoms with Gasteiger partial charge in [0.2, 0.25) is 0 Å². The molecule has 0 aliphatic heterocycles. The van der Waals surface area contributed by atoms with Crippen LogP contribution in [-0.4, -0.2) is 70.8 Å². The van der Waals surface area contributed by atoms with E-state index in [1.165, 1.54) is 0 Å². The van der Waals surface area contributed by atoms with E-state index in [4.69, 9.17) is 12.6 Å². The summed E-state index contributed by atoms with van der Waals surface area (Å²) in [7, 11) is 12.1. The number of allylic oxidation sites excluding steroid dienone is 2. The summed E-state index contributed by atoms with van der Waals surface area (Å²) in [5.74, 6) is 1.10. The minimum absolute atomic E-state index is 0.0301. The maximum absolute atomic E-state index is 13.5. The number of carbonyl (C=O) groups excluding carboxylic acids is 1. The van der Waals surface area contributed by atoms with Gasteiger partial charge in [-0.3, -0.25) is 4.79 Å². The van der Waals surface area contributed by atoms with E-state index in [-0.39, 0.29) is 11.7 Å². The van der Waals surface area contributed by atoms with Gasteiger partial charge in [-0.15, -0.1) is 0 Å². The van der Waals surface area contributed by atoms with Crippen LogP contribution in [0.15, 0.2) is 48.5 Å². The average Bonchev–Trinajstić information content (AvgIpc) is 2.78. The van der Waals surface area contributed by atoms with Gasteiger partial charge in [-0.25, -0.2) is 0 Å². The molecule has 0 saturated carbocycles. The van der Waals surface area contributed by atoms with Crippen LogP contribution >= 0.6 is 0 Å². The molecule has 170 valence electrons. The van der Waals surface area contributed by atoms with E-state index < -0.39 is 0 Å². The first-order valence-electron chi connectivity index (χ1n) is 11.4. The molecule has 0 aliphatic carbocycles. The molecule has 4 nitrogen and oxygen atoms in total. The lowest BCUT2D eigenvalue weighted by molar-refractivity contribution is 0.105. The number of Topliss-reactive ketones (excluding diaryl/α,β-unsaturated/α-hetero) is 1. The zero-order valence-corrected chi connectivity index (χ0v) is 20.5. The lowest BCUT2D eigenvalue weighted by Gasteiger charge is -2.20. The molecule has 0 N–H and O–H groups in total. The quantitative estimate of drug-likeness (QED) is 0.287. The van der Waals surface area contributed by atoms with Gasteiger partial charge in [-0.2, -0.15) is 0 Å². The van der Waals surface area contributed by atoms with Crippen LogP contribution < -0.4 is 10.2 Å². The highest BCUT2D eigenvalue weighted by Crippen LogP contribution is 2.30. The maximum Gasteiger partial charge on any atom is 0.193 e. The highest BCUT2D eigenvalue weighted by atomic mass is 16.5. The number of hydrogen-bond donors (Lipinski definition) is 0. The number of benzene rings is 2. The number of ether oxygens (including phenoxy) is 1. The van der Waals surface area contributed by atoms with Crippen molar-refractivity contribution in [2.45, 2.75) is 33.1 Å². The van der Waals surface area contributed by atoms with E-state index in [0.717, 1.165) is 48.5 Å². The summed E-state index contributed by atoms with van der Waals surface area (Å²) in [6, 6.07) is 13.3. The second kappa shape index (κ2) is 12.6. The van der Waals surface area contributed by atoms with E-state index in [9.17, 15) is 4.79 Å². The van der Waals surface area contributed by atoms with Gasteiger partial charge in [0, 0.05) is 30.8 Å². The standard InChI is InChI=1S/C27H37BN2O2/c1-7-20(3)26-19-23(32-18-17-30(6)16-15-29(4)5)13-14-25(26)27(31)24(8-2)21-9-11-22(28)12-10-21/h8-14,19-20H,7,15-18H2,1-6H3/b24-8-. The van der Waals surface area contributed by atoms with E-state index >= 15 is 0 Å². The third-order valence-electron chi connectivity index (χ3n) is 5.84. The number of hydrogen-bond acceptors (Lipinski definition) is 4. The Balaban J connectivity index is 2.19. The zero-order valence-electron chi connectivity index (χ0n) is 20.5. The normalized spacial score (nSPS) is 12.9. The van der Waals surface area contributed by atoms with Gasteiger partial charge in [-0.05, 0) is 69.7 Å². The van der Waals surface area contributed by atoms with Crippen LogP contribution in [0.25, 0.3) is 5.57 Å². The summed E-state index contributed by atoms with van der Waals surface area (Å²) in [5, 5.41) is 0. The van der Waals surface area contributed by atoms with E-state index in [1.54, 1.807) is 0 Å². The Morgan fingerprint density at radius 1 is 1.06 bits per heavy atom. The van der Waals surface area contributed by atoms with Crippen molar-refractivity contribution in [3.8, 4) is 5.75 Å². The van der Waals surface area contributed by atoms with Crippen LogP contribution in [-0.2, 0) is 0 Å². The van der Waals surface area contributed by atoms with Gasteiger partial charge in [0.1, 0.15) is 20.2 Å². The minimum Gasteiger partial charge on any atom is -0.492 e. The minimum atomic E-state index is 0.0301. The first-order chi connectivity index (χ1) is 15.3. The second-order valence-corrected chi connectivity index (χ2v) is 8.67. The van der Waals surface area contributed by atoms with Gasteiger partial charge < -0.3 is 14.5 Å². The van der Waals surface area contributed by atoms with Gasteiger partial charge in [-0.1, -0.05) is 49.7 Å². The Hall–Kier alpha value is -2.37. The molecule has 0 saturated heterocycles. The molecule has 0 fully saturated rings. The van der Waals surface area contributed by atoms with Crippen molar-refractivity contribution in [1.29, 1.82) is 0 Å². The molecule has 2 aromatic rings. The lowest BCUT2D eigenvalue weighted by Crippen LogP contribution is -2.31. The number of carbonyl (C=O) groups is 1. The van der Waals surface area contributed by atoms with E-state index in [2.05, 4.69) is 44.8 Å². The Morgan fingerprint density at radius 2 is 1.75 bits per heavy atom. The predicted octanol–water partition coefficient (Wildman–Crippen LogP) is 4.15. The Kier molecular flexibility index (Phi) is 10.2. The molecule has 2 radical (unpaired) electrons. The van der Waals surface area contributed by atoms with Crippen LogP contribution in [0.5, 0.6) is 5.75 Å². The third kappa shape index (κ3) is 7.35. The Labute approximate surface area is 195 Å². The molecule has 0 amide bonds. The first-order valence-corrected chi connectivity index (χ1v) is 11.4. The molecular weight excluding hydrogens is 395 g/mol. The monoisotopic (exact) mass is 432 g/mol. The summed E-state index contributed by atoms with van der Waals surface area (Å²) in [6.07, 6.45) is 2.83. The van der Waals surface area contributed by atoms with Crippen molar-refractivity contribution in [3.05, 3.63) is 65.2 Å². The fraction of sp³-hybridized carbons (Fsp3) is 0.444. The van der Waals surface area contributed by atoms with Gasteiger partial charge >= 0.3 is 0 Å². The van der Waals surface area contributed by atoms with Crippen molar-refractivity contribution >= 4 is 24.7 Å². The van der Waals surface area contributed by atoms with Gasteiger partial charge in [0.15, 0.2) is 5.78 Å². The molecule has 2 aromatic carbocycles. The summed E-state index contributed by atoms with van der Waals surface area (Å²) in [6.45, 7) is 9.69. The van der Waals surface area contributed by atoms with Crippen molar-refractivity contribution < 1.29 is 9.53 Å². The van der Waals surface area contributed by atoms with Crippen LogP contribution in [0.1, 0.15) is 54.6 Å². The van der Waals surface area contributed by atoms with Crippen LogP contribution in [0.3, 0.4) is 0 Å². The van der Waals surface area contributed by atoms with Crippen molar-refractivity contribution in [2.75, 3.05) is 47.4 Å². The van der Waals surface area contributed by atoms with Crippen molar-refractivity contribution in [2.24, 2.45) is 0 Å². The summed E-state index contributed by atoms with van der Waals surface area (Å²) >= 11 is 0. The highest BCUT2D eigenvalue weighted by molar-refractivity contribution is 6.33. The Morgan fingerprint density at radius 3 is 2.34 bits per heavy atom. The van der Waals surface area contributed by atoms with Crippen LogP contribution in [0.4, 0.5) is 0 Å². The van der Waals surface area contributed by atoms with E-state index in [0.29, 0.717) is 17.6 Å². The van der Waals surface area contributed by atoms with Crippen molar-refractivity contribution in [1.82, 2.24) is 9.80 Å². The summed E-state index contributed by atoms with van der Waals surface area (Å²) in [4.78, 5) is 17.9. The second-order valence-electron chi connectivity index (χ2n) is 8.67. The van der Waals surface area contributed by atoms with E-state index in [1.807, 2.05) is 55.5 Å². The fourth-order valence-electron chi connectivity index (χ4n) is 3.50. The molecule has 1 atom stereocenters. The number of ketones is 1. The lowest BCUT2D eigenvalue weighted by atomic mass is 9.86. The molecule has 32 heavy (non-hydrogen) atoms. The fourth-order valence-corrected chi connectivity index (χ4v) is 3.50. The number of nitrogens with zero attached hydrogens (tertiary/aromatic N) is 2. The molecule has 0 aromatic heterocycles. The maximum atomic E-state index is 13.5. The first kappa shape index (κ1) is 25.9. The van der Waals surface area contributed by atoms with Crippen LogP contribution in [0, 0.1) is 0 Å². The average molecular weight is 432 g/mol. The SMILES string of the molecule is [B]c1ccc(/C(=C/C)C(=O)c2ccc(OCCN(C)CCN(C)C)cc2C(C)CC)cc1. The van der Waals surface area contributed by atoms with Crippen molar-refractivity contribution in [3.63, 3.8) is 0 Å². The topological polar surface area (TPSA) is 32.8 Å². The van der Waals surface area contributed by atoms with Gasteiger partial charge in [0.05, 0.1) is 0 Å². The predicted molar refractivity (Wildman–Crippen MR) is 137 cm³/mol. The largest absolute Gasteiger partial charge is 0.492 e. The molecule has 0 heterocycles. The molecular formula is C27H37BN2O2. The Bertz CT molecular complexity index is 906. The smallest absolute Gasteiger partial charge is 0.193 e. The third-order valence-corrected chi connectivity index (χ3v) is 5.84. The summed E-state index contributed by atoms with van der Waals surface area (Å²) < 4.78 is 6.04. The van der Waals surface area contributed by atoms with Crippen LogP contribution in [0.2, 0.25) is 0 Å². The highest BCUT2D eigenvalue weighted by Gasteiger charge is 2.20. The summed E-state index contributed by atoms with van der Waals surface area (Å²) in [5.41, 5.74) is 4.02. The molecule has 0 spiro atoms.